The van der Waals surface area contributed by atoms with Crippen molar-refractivity contribution in [2.45, 2.75) is 5.60 Å². The molecule has 1 fully saturated rings. The molecule has 0 amide bonds. The van der Waals surface area contributed by atoms with Crippen molar-refractivity contribution < 1.29 is 14.2 Å². The topological polar surface area (TPSA) is 29.5 Å². The SMILES string of the molecule is C=C(c1ccc(F)cc1)C1(O)COC1. The summed E-state index contributed by atoms with van der Waals surface area (Å²) < 4.78 is 17.5. The smallest absolute Gasteiger partial charge is 0.136 e. The van der Waals surface area contributed by atoms with Crippen LogP contribution in [0, 0.1) is 5.82 Å². The highest BCUT2D eigenvalue weighted by molar-refractivity contribution is 5.71. The number of rotatable bonds is 2. The normalized spacial score (nSPS) is 18.7. The molecule has 1 N–H and O–H groups in total. The fraction of sp³-hybridized carbons (Fsp3) is 0.273. The zero-order chi connectivity index (χ0) is 10.2. The van der Waals surface area contributed by atoms with E-state index in [1.165, 1.54) is 12.1 Å². The molecule has 2 rings (SSSR count). The summed E-state index contributed by atoms with van der Waals surface area (Å²) in [4.78, 5) is 0. The Hall–Kier alpha value is -1.19. The molecule has 1 aliphatic heterocycles. The van der Waals surface area contributed by atoms with Crippen molar-refractivity contribution in [3.05, 3.63) is 42.2 Å². The Balaban J connectivity index is 2.23. The Kier molecular flexibility index (Phi) is 2.13. The molecule has 3 heteroatoms. The first-order valence-electron chi connectivity index (χ1n) is 4.37. The lowest BCUT2D eigenvalue weighted by Gasteiger charge is -2.38. The maximum atomic E-state index is 12.6. The van der Waals surface area contributed by atoms with Crippen molar-refractivity contribution in [2.75, 3.05) is 13.2 Å². The number of ether oxygens (including phenoxy) is 1. The van der Waals surface area contributed by atoms with Gasteiger partial charge in [0.05, 0.1) is 13.2 Å². The lowest BCUT2D eigenvalue weighted by atomic mass is 9.88. The van der Waals surface area contributed by atoms with E-state index in [1.807, 2.05) is 0 Å². The minimum Gasteiger partial charge on any atom is -0.380 e. The van der Waals surface area contributed by atoms with Crippen LogP contribution in [0.15, 0.2) is 30.8 Å². The first-order valence-corrected chi connectivity index (χ1v) is 4.37. The van der Waals surface area contributed by atoms with Crippen LogP contribution in [0.1, 0.15) is 5.56 Å². The van der Waals surface area contributed by atoms with Crippen LogP contribution in [0.3, 0.4) is 0 Å². The van der Waals surface area contributed by atoms with Crippen LogP contribution in [0.25, 0.3) is 5.57 Å². The van der Waals surface area contributed by atoms with Crippen LogP contribution >= 0.6 is 0 Å². The fourth-order valence-corrected chi connectivity index (χ4v) is 1.39. The van der Waals surface area contributed by atoms with E-state index >= 15 is 0 Å². The third kappa shape index (κ3) is 1.45. The van der Waals surface area contributed by atoms with Gasteiger partial charge >= 0.3 is 0 Å². The second kappa shape index (κ2) is 3.19. The lowest BCUT2D eigenvalue weighted by Crippen LogP contribution is -2.50. The van der Waals surface area contributed by atoms with E-state index in [0.29, 0.717) is 5.57 Å². The molecule has 0 unspecified atom stereocenters. The summed E-state index contributed by atoms with van der Waals surface area (Å²) in [7, 11) is 0. The van der Waals surface area contributed by atoms with Gasteiger partial charge in [-0.2, -0.15) is 0 Å². The third-order valence-electron chi connectivity index (χ3n) is 2.44. The number of hydrogen-bond acceptors (Lipinski definition) is 2. The molecule has 1 aromatic rings. The zero-order valence-corrected chi connectivity index (χ0v) is 7.66. The standard InChI is InChI=1S/C11H11FO2/c1-8(11(13)6-14-7-11)9-2-4-10(12)5-3-9/h2-5,13H,1,6-7H2. The Morgan fingerprint density at radius 1 is 1.36 bits per heavy atom. The molecule has 1 aromatic carbocycles. The molecular formula is C11H11FO2. The van der Waals surface area contributed by atoms with Crippen molar-refractivity contribution in [1.82, 2.24) is 0 Å². The van der Waals surface area contributed by atoms with Gasteiger partial charge in [0, 0.05) is 0 Å². The van der Waals surface area contributed by atoms with Crippen molar-refractivity contribution in [3.8, 4) is 0 Å². The highest BCUT2D eigenvalue weighted by Gasteiger charge is 2.39. The van der Waals surface area contributed by atoms with Gasteiger partial charge in [-0.3, -0.25) is 0 Å². The number of halogens is 1. The van der Waals surface area contributed by atoms with Gasteiger partial charge in [-0.25, -0.2) is 4.39 Å². The van der Waals surface area contributed by atoms with Crippen molar-refractivity contribution in [2.24, 2.45) is 0 Å². The van der Waals surface area contributed by atoms with Crippen LogP contribution in [-0.4, -0.2) is 23.9 Å². The monoisotopic (exact) mass is 194 g/mol. The van der Waals surface area contributed by atoms with E-state index in [-0.39, 0.29) is 19.0 Å². The zero-order valence-electron chi connectivity index (χ0n) is 7.66. The van der Waals surface area contributed by atoms with Gasteiger partial charge in [0.2, 0.25) is 0 Å². The average Bonchev–Trinajstić information content (AvgIpc) is 2.14. The second-order valence-electron chi connectivity index (χ2n) is 3.51. The van der Waals surface area contributed by atoms with Gasteiger partial charge in [0.1, 0.15) is 11.4 Å². The quantitative estimate of drug-likeness (QED) is 0.774. The highest BCUT2D eigenvalue weighted by Crippen LogP contribution is 2.31. The summed E-state index contributed by atoms with van der Waals surface area (Å²) >= 11 is 0. The van der Waals surface area contributed by atoms with Crippen molar-refractivity contribution >= 4 is 5.57 Å². The minimum absolute atomic E-state index is 0.267. The Labute approximate surface area is 81.6 Å². The predicted octanol–water partition coefficient (Wildman–Crippen LogP) is 1.60. The molecule has 0 spiro atoms. The summed E-state index contributed by atoms with van der Waals surface area (Å²) in [5.74, 6) is -0.293. The van der Waals surface area contributed by atoms with E-state index in [9.17, 15) is 9.50 Å². The van der Waals surface area contributed by atoms with Crippen molar-refractivity contribution in [3.63, 3.8) is 0 Å². The lowest BCUT2D eigenvalue weighted by molar-refractivity contribution is -0.140. The van der Waals surface area contributed by atoms with Crippen LogP contribution < -0.4 is 0 Å². The summed E-state index contributed by atoms with van der Waals surface area (Å²) in [6.07, 6.45) is 0. The van der Waals surface area contributed by atoms with Crippen LogP contribution in [0.2, 0.25) is 0 Å². The molecule has 0 aromatic heterocycles. The van der Waals surface area contributed by atoms with Gasteiger partial charge in [0.25, 0.3) is 0 Å². The molecule has 2 nitrogen and oxygen atoms in total. The minimum atomic E-state index is -0.960. The molecule has 1 saturated heterocycles. The van der Waals surface area contributed by atoms with Gasteiger partial charge in [-0.15, -0.1) is 0 Å². The number of hydrogen-bond donors (Lipinski definition) is 1. The van der Waals surface area contributed by atoms with E-state index in [1.54, 1.807) is 12.1 Å². The predicted molar refractivity (Wildman–Crippen MR) is 51.2 cm³/mol. The van der Waals surface area contributed by atoms with E-state index < -0.39 is 5.60 Å². The molecule has 0 aliphatic carbocycles. The van der Waals surface area contributed by atoms with E-state index in [4.69, 9.17) is 4.74 Å². The Morgan fingerprint density at radius 3 is 2.36 bits per heavy atom. The average molecular weight is 194 g/mol. The molecule has 0 saturated carbocycles. The highest BCUT2D eigenvalue weighted by atomic mass is 19.1. The van der Waals surface area contributed by atoms with Gasteiger partial charge in [-0.1, -0.05) is 18.7 Å². The molecule has 0 bridgehead atoms. The molecule has 0 radical (unpaired) electrons. The van der Waals surface area contributed by atoms with E-state index in [2.05, 4.69) is 6.58 Å². The second-order valence-corrected chi connectivity index (χ2v) is 3.51. The molecule has 1 aliphatic rings. The van der Waals surface area contributed by atoms with Crippen LogP contribution in [0.4, 0.5) is 4.39 Å². The van der Waals surface area contributed by atoms with Gasteiger partial charge in [0.15, 0.2) is 0 Å². The maximum absolute atomic E-state index is 12.6. The largest absolute Gasteiger partial charge is 0.380 e. The number of benzene rings is 1. The Morgan fingerprint density at radius 2 is 1.93 bits per heavy atom. The molecule has 74 valence electrons. The van der Waals surface area contributed by atoms with Gasteiger partial charge < -0.3 is 9.84 Å². The van der Waals surface area contributed by atoms with E-state index in [0.717, 1.165) is 5.56 Å². The summed E-state index contributed by atoms with van der Waals surface area (Å²) in [6, 6.07) is 5.91. The summed E-state index contributed by atoms with van der Waals surface area (Å²) in [6.45, 7) is 4.33. The summed E-state index contributed by atoms with van der Waals surface area (Å²) in [5, 5.41) is 9.88. The summed E-state index contributed by atoms with van der Waals surface area (Å²) in [5.41, 5.74) is 0.374. The molecule has 14 heavy (non-hydrogen) atoms. The molecule has 0 atom stereocenters. The van der Waals surface area contributed by atoms with Crippen LogP contribution in [-0.2, 0) is 4.74 Å². The van der Waals surface area contributed by atoms with Crippen molar-refractivity contribution in [1.29, 1.82) is 0 Å². The fourth-order valence-electron chi connectivity index (χ4n) is 1.39. The molecular weight excluding hydrogens is 183 g/mol. The maximum Gasteiger partial charge on any atom is 0.136 e. The number of aliphatic hydroxyl groups is 1. The third-order valence-corrected chi connectivity index (χ3v) is 2.44. The van der Waals surface area contributed by atoms with Crippen LogP contribution in [0.5, 0.6) is 0 Å². The Bertz CT molecular complexity index is 352. The molecule has 1 heterocycles. The van der Waals surface area contributed by atoms with Gasteiger partial charge in [-0.05, 0) is 23.3 Å². The first-order chi connectivity index (χ1) is 6.62. The first kappa shape index (κ1) is 9.37.